The minimum atomic E-state index is 0.457. The molecule has 1 aliphatic carbocycles. The van der Waals surface area contributed by atoms with Crippen molar-refractivity contribution in [2.24, 2.45) is 16.7 Å². The minimum Gasteiger partial charge on any atom is -0.309 e. The third-order valence-electron chi connectivity index (χ3n) is 4.97. The first-order valence-corrected chi connectivity index (χ1v) is 7.86. The predicted octanol–water partition coefficient (Wildman–Crippen LogP) is 4.84. The van der Waals surface area contributed by atoms with Crippen molar-refractivity contribution in [3.8, 4) is 0 Å². The van der Waals surface area contributed by atoms with E-state index in [1.54, 1.807) is 0 Å². The topological polar surface area (TPSA) is 12.0 Å². The summed E-state index contributed by atoms with van der Waals surface area (Å²) in [6.07, 6.45) is 0. The smallest absolute Gasteiger partial charge is 0.0701 e. The van der Waals surface area contributed by atoms with Crippen LogP contribution in [0, 0.1) is 16.7 Å². The molecule has 3 heteroatoms. The summed E-state index contributed by atoms with van der Waals surface area (Å²) >= 11 is 5.34. The molecule has 1 unspecified atom stereocenters. The first-order chi connectivity index (χ1) is 7.76. The van der Waals surface area contributed by atoms with Gasteiger partial charge in [-0.2, -0.15) is 0 Å². The fourth-order valence-electron chi connectivity index (χ4n) is 2.80. The molecule has 1 N–H and O–H groups in total. The first kappa shape index (κ1) is 13.6. The van der Waals surface area contributed by atoms with Crippen LogP contribution in [-0.4, -0.2) is 6.54 Å². The Bertz CT molecular complexity index is 394. The van der Waals surface area contributed by atoms with Gasteiger partial charge in [0.1, 0.15) is 0 Å². The van der Waals surface area contributed by atoms with Crippen LogP contribution >= 0.6 is 27.3 Å². The van der Waals surface area contributed by atoms with Crippen LogP contribution in [0.4, 0.5) is 0 Å². The molecule has 0 amide bonds. The van der Waals surface area contributed by atoms with Gasteiger partial charge in [-0.1, -0.05) is 27.7 Å². The Kier molecular flexibility index (Phi) is 3.48. The maximum absolute atomic E-state index is 3.68. The van der Waals surface area contributed by atoms with Crippen molar-refractivity contribution in [1.29, 1.82) is 0 Å². The minimum absolute atomic E-state index is 0.457. The molecular formula is C14H22BrNS. The van der Waals surface area contributed by atoms with Crippen molar-refractivity contribution < 1.29 is 0 Å². The summed E-state index contributed by atoms with van der Waals surface area (Å²) in [6.45, 7) is 12.9. The van der Waals surface area contributed by atoms with Crippen LogP contribution in [0.15, 0.2) is 15.9 Å². The third-order valence-corrected chi connectivity index (χ3v) is 6.77. The molecule has 0 aromatic carbocycles. The van der Waals surface area contributed by atoms with Crippen LogP contribution in [0.5, 0.6) is 0 Å². The molecule has 1 heterocycles. The monoisotopic (exact) mass is 315 g/mol. The van der Waals surface area contributed by atoms with Gasteiger partial charge in [0.15, 0.2) is 0 Å². The average molecular weight is 316 g/mol. The molecule has 1 nitrogen and oxygen atoms in total. The molecule has 1 fully saturated rings. The van der Waals surface area contributed by atoms with Crippen molar-refractivity contribution >= 4 is 27.3 Å². The zero-order valence-electron chi connectivity index (χ0n) is 11.3. The molecule has 17 heavy (non-hydrogen) atoms. The van der Waals surface area contributed by atoms with Crippen LogP contribution in [0.2, 0.25) is 0 Å². The van der Waals surface area contributed by atoms with Crippen molar-refractivity contribution in [2.45, 2.75) is 40.7 Å². The lowest BCUT2D eigenvalue weighted by Gasteiger charge is -2.12. The van der Waals surface area contributed by atoms with E-state index < -0.39 is 0 Å². The van der Waals surface area contributed by atoms with E-state index in [0.29, 0.717) is 16.9 Å². The molecule has 2 rings (SSSR count). The normalized spacial score (nSPS) is 23.6. The van der Waals surface area contributed by atoms with E-state index in [-0.39, 0.29) is 0 Å². The number of thiophene rings is 1. The van der Waals surface area contributed by atoms with E-state index in [0.717, 1.165) is 12.5 Å². The Morgan fingerprint density at radius 2 is 1.88 bits per heavy atom. The lowest BCUT2D eigenvalue weighted by molar-refractivity contribution is 0.457. The Morgan fingerprint density at radius 1 is 1.29 bits per heavy atom. The molecule has 1 atom stereocenters. The van der Waals surface area contributed by atoms with Crippen molar-refractivity contribution in [3.63, 3.8) is 0 Å². The van der Waals surface area contributed by atoms with E-state index in [9.17, 15) is 0 Å². The SMILES string of the molecule is CC(NCC1C(C)(C)C1(C)C)c1ccc(Br)s1. The van der Waals surface area contributed by atoms with Gasteiger partial charge in [-0.3, -0.25) is 0 Å². The fourth-order valence-corrected chi connectivity index (χ4v) is 4.25. The van der Waals surface area contributed by atoms with Gasteiger partial charge in [0.2, 0.25) is 0 Å². The van der Waals surface area contributed by atoms with Gasteiger partial charge in [0.25, 0.3) is 0 Å². The van der Waals surface area contributed by atoms with Crippen LogP contribution in [0.3, 0.4) is 0 Å². The van der Waals surface area contributed by atoms with Gasteiger partial charge in [-0.05, 0) is 58.3 Å². The number of hydrogen-bond acceptors (Lipinski definition) is 2. The fraction of sp³-hybridized carbons (Fsp3) is 0.714. The van der Waals surface area contributed by atoms with Gasteiger partial charge in [-0.15, -0.1) is 11.3 Å². The lowest BCUT2D eigenvalue weighted by Crippen LogP contribution is -2.22. The standard InChI is InChI=1S/C14H22BrNS/c1-9(10-6-7-12(15)17-10)16-8-11-13(2,3)14(11,4)5/h6-7,9,11,16H,8H2,1-5H3. The van der Waals surface area contributed by atoms with Gasteiger partial charge in [-0.25, -0.2) is 0 Å². The largest absolute Gasteiger partial charge is 0.309 e. The van der Waals surface area contributed by atoms with E-state index >= 15 is 0 Å². The van der Waals surface area contributed by atoms with Gasteiger partial charge >= 0.3 is 0 Å². The van der Waals surface area contributed by atoms with Gasteiger partial charge < -0.3 is 5.32 Å². The number of rotatable bonds is 4. The van der Waals surface area contributed by atoms with E-state index in [1.165, 1.54) is 8.66 Å². The summed E-state index contributed by atoms with van der Waals surface area (Å²) in [5.41, 5.74) is 0.964. The molecule has 0 radical (unpaired) electrons. The zero-order valence-corrected chi connectivity index (χ0v) is 13.7. The summed E-state index contributed by atoms with van der Waals surface area (Å²) in [6, 6.07) is 4.79. The highest BCUT2D eigenvalue weighted by Gasteiger charge is 2.63. The second kappa shape index (κ2) is 4.36. The molecule has 96 valence electrons. The van der Waals surface area contributed by atoms with E-state index in [2.05, 4.69) is 68.0 Å². The summed E-state index contributed by atoms with van der Waals surface area (Å²) < 4.78 is 1.22. The summed E-state index contributed by atoms with van der Waals surface area (Å²) in [7, 11) is 0. The molecule has 0 spiro atoms. The Morgan fingerprint density at radius 3 is 2.29 bits per heavy atom. The molecule has 1 aromatic rings. The van der Waals surface area contributed by atoms with Gasteiger partial charge in [0, 0.05) is 10.9 Å². The lowest BCUT2D eigenvalue weighted by atomic mass is 10.0. The van der Waals surface area contributed by atoms with Crippen LogP contribution in [-0.2, 0) is 0 Å². The highest BCUT2D eigenvalue weighted by Crippen LogP contribution is 2.68. The van der Waals surface area contributed by atoms with E-state index in [4.69, 9.17) is 0 Å². The maximum Gasteiger partial charge on any atom is 0.0701 e. The summed E-state index contributed by atoms with van der Waals surface area (Å²) in [5, 5.41) is 3.68. The Labute approximate surface area is 117 Å². The summed E-state index contributed by atoms with van der Waals surface area (Å²) in [4.78, 5) is 1.41. The second-order valence-electron chi connectivity index (χ2n) is 6.27. The molecule has 1 aromatic heterocycles. The zero-order chi connectivity index (χ0) is 12.8. The predicted molar refractivity (Wildman–Crippen MR) is 79.5 cm³/mol. The maximum atomic E-state index is 3.68. The van der Waals surface area contributed by atoms with Crippen molar-refractivity contribution in [2.75, 3.05) is 6.54 Å². The summed E-state index contributed by atoms with van der Waals surface area (Å²) in [5.74, 6) is 0.792. The highest BCUT2D eigenvalue weighted by atomic mass is 79.9. The quantitative estimate of drug-likeness (QED) is 0.838. The Balaban J connectivity index is 1.88. The van der Waals surface area contributed by atoms with Gasteiger partial charge in [0.05, 0.1) is 3.79 Å². The van der Waals surface area contributed by atoms with Crippen LogP contribution < -0.4 is 5.32 Å². The average Bonchev–Trinajstić information content (AvgIpc) is 2.55. The van der Waals surface area contributed by atoms with Crippen molar-refractivity contribution in [1.82, 2.24) is 5.32 Å². The number of hydrogen-bond donors (Lipinski definition) is 1. The second-order valence-corrected chi connectivity index (χ2v) is 8.76. The number of nitrogens with one attached hydrogen (secondary N) is 1. The molecule has 1 saturated carbocycles. The molecule has 0 bridgehead atoms. The van der Waals surface area contributed by atoms with Crippen LogP contribution in [0.25, 0.3) is 0 Å². The first-order valence-electron chi connectivity index (χ1n) is 6.25. The molecule has 1 aliphatic rings. The molecule has 0 aliphatic heterocycles. The van der Waals surface area contributed by atoms with E-state index in [1.807, 2.05) is 11.3 Å². The molecule has 0 saturated heterocycles. The number of halogens is 1. The highest BCUT2D eigenvalue weighted by molar-refractivity contribution is 9.11. The van der Waals surface area contributed by atoms with Crippen molar-refractivity contribution in [3.05, 3.63) is 20.8 Å². The third kappa shape index (κ3) is 2.34. The Hall–Kier alpha value is 0.140. The molecular weight excluding hydrogens is 294 g/mol. The van der Waals surface area contributed by atoms with Crippen LogP contribution in [0.1, 0.15) is 45.5 Å².